The first-order chi connectivity index (χ1) is 9.11. The van der Waals surface area contributed by atoms with Crippen molar-refractivity contribution in [1.29, 1.82) is 0 Å². The molecule has 0 saturated carbocycles. The van der Waals surface area contributed by atoms with Gasteiger partial charge < -0.3 is 9.80 Å². The molecule has 0 N–H and O–H groups in total. The summed E-state index contributed by atoms with van der Waals surface area (Å²) in [6.45, 7) is 7.42. The van der Waals surface area contributed by atoms with Crippen molar-refractivity contribution in [2.24, 2.45) is 5.92 Å². The number of anilines is 1. The van der Waals surface area contributed by atoms with E-state index in [2.05, 4.69) is 17.9 Å². The number of carbonyl (C=O) groups excluding carboxylic acids is 1. The van der Waals surface area contributed by atoms with E-state index in [1.807, 2.05) is 30.0 Å². The van der Waals surface area contributed by atoms with Crippen LogP contribution in [0, 0.1) is 5.92 Å². The largest absolute Gasteiger partial charge is 0.368 e. The van der Waals surface area contributed by atoms with Gasteiger partial charge in [-0.15, -0.1) is 0 Å². The van der Waals surface area contributed by atoms with Crippen LogP contribution >= 0.6 is 11.6 Å². The Bertz CT molecular complexity index is 442. The highest BCUT2D eigenvalue weighted by molar-refractivity contribution is 6.30. The maximum atomic E-state index is 12.1. The lowest BCUT2D eigenvalue weighted by Gasteiger charge is -2.37. The minimum Gasteiger partial charge on any atom is -0.368 e. The van der Waals surface area contributed by atoms with Crippen molar-refractivity contribution in [2.45, 2.75) is 20.3 Å². The van der Waals surface area contributed by atoms with E-state index in [9.17, 15) is 4.79 Å². The monoisotopic (exact) mass is 280 g/mol. The molecule has 2 rings (SSSR count). The Balaban J connectivity index is 1.94. The average Bonchev–Trinajstić information content (AvgIpc) is 2.46. The molecule has 1 fully saturated rings. The topological polar surface area (TPSA) is 23.6 Å². The molecule has 3 nitrogen and oxygen atoms in total. The Kier molecular flexibility index (Phi) is 4.70. The second-order valence-electron chi connectivity index (χ2n) is 5.10. The number of halogens is 1. The summed E-state index contributed by atoms with van der Waals surface area (Å²) in [6.07, 6.45) is 0.910. The molecule has 1 heterocycles. The van der Waals surface area contributed by atoms with Crippen LogP contribution in [0.5, 0.6) is 0 Å². The van der Waals surface area contributed by atoms with E-state index >= 15 is 0 Å². The van der Waals surface area contributed by atoms with E-state index in [4.69, 9.17) is 11.6 Å². The first-order valence-electron chi connectivity index (χ1n) is 6.91. The third kappa shape index (κ3) is 3.41. The van der Waals surface area contributed by atoms with Crippen LogP contribution in [0.2, 0.25) is 5.02 Å². The predicted molar refractivity (Wildman–Crippen MR) is 79.7 cm³/mol. The van der Waals surface area contributed by atoms with Crippen LogP contribution in [-0.2, 0) is 4.79 Å². The lowest BCUT2D eigenvalue weighted by Crippen LogP contribution is -2.50. The number of hydrogen-bond donors (Lipinski definition) is 0. The van der Waals surface area contributed by atoms with E-state index in [0.29, 0.717) is 0 Å². The molecule has 1 amide bonds. The summed E-state index contributed by atoms with van der Waals surface area (Å²) >= 11 is 6.01. The molecule has 1 aromatic carbocycles. The smallest absolute Gasteiger partial charge is 0.225 e. The number of piperazine rings is 1. The van der Waals surface area contributed by atoms with Crippen LogP contribution in [0.1, 0.15) is 20.3 Å². The number of nitrogens with zero attached hydrogens (tertiary/aromatic N) is 2. The van der Waals surface area contributed by atoms with E-state index in [0.717, 1.165) is 43.3 Å². The molecule has 4 heteroatoms. The van der Waals surface area contributed by atoms with Crippen molar-refractivity contribution in [3.63, 3.8) is 0 Å². The molecule has 0 aromatic heterocycles. The van der Waals surface area contributed by atoms with Crippen LogP contribution in [0.4, 0.5) is 5.69 Å². The van der Waals surface area contributed by atoms with Gasteiger partial charge in [0, 0.05) is 42.8 Å². The normalized spacial score (nSPS) is 17.4. The minimum atomic E-state index is 0.137. The first-order valence-corrected chi connectivity index (χ1v) is 7.29. The summed E-state index contributed by atoms with van der Waals surface area (Å²) < 4.78 is 0. The molecule has 1 aromatic rings. The Labute approximate surface area is 120 Å². The number of amides is 1. The van der Waals surface area contributed by atoms with Gasteiger partial charge in [0.05, 0.1) is 0 Å². The van der Waals surface area contributed by atoms with Crippen LogP contribution in [0.25, 0.3) is 0 Å². The molecule has 1 aliphatic rings. The molecular formula is C15H21ClN2O. The summed E-state index contributed by atoms with van der Waals surface area (Å²) in [5, 5.41) is 0.760. The summed E-state index contributed by atoms with van der Waals surface area (Å²) in [4.78, 5) is 16.4. The highest BCUT2D eigenvalue weighted by atomic mass is 35.5. The second-order valence-corrected chi connectivity index (χ2v) is 5.54. The lowest BCUT2D eigenvalue weighted by atomic mass is 10.1. The molecule has 0 spiro atoms. The van der Waals surface area contributed by atoms with Gasteiger partial charge in [-0.25, -0.2) is 0 Å². The van der Waals surface area contributed by atoms with E-state index in [1.165, 1.54) is 0 Å². The standard InChI is InChI=1S/C15H21ClN2O/c1-3-12(2)15(19)18-9-7-17(8-10-18)14-6-4-5-13(16)11-14/h4-6,11-12H,3,7-10H2,1-2H3/t12-/m1/s1. The fraction of sp³-hybridized carbons (Fsp3) is 0.533. The van der Waals surface area contributed by atoms with Crippen LogP contribution in [0.15, 0.2) is 24.3 Å². The van der Waals surface area contributed by atoms with Gasteiger partial charge in [-0.3, -0.25) is 4.79 Å². The summed E-state index contributed by atoms with van der Waals surface area (Å²) in [5.74, 6) is 0.422. The van der Waals surface area contributed by atoms with E-state index in [-0.39, 0.29) is 11.8 Å². The maximum absolute atomic E-state index is 12.1. The molecular weight excluding hydrogens is 260 g/mol. The Morgan fingerprint density at radius 3 is 2.58 bits per heavy atom. The highest BCUT2D eigenvalue weighted by Crippen LogP contribution is 2.21. The number of rotatable bonds is 3. The van der Waals surface area contributed by atoms with Gasteiger partial charge in [0.25, 0.3) is 0 Å². The molecule has 0 unspecified atom stereocenters. The number of benzene rings is 1. The molecule has 0 aliphatic carbocycles. The lowest BCUT2D eigenvalue weighted by molar-refractivity contribution is -0.135. The zero-order valence-corrected chi connectivity index (χ0v) is 12.4. The third-order valence-electron chi connectivity index (χ3n) is 3.80. The van der Waals surface area contributed by atoms with Crippen LogP contribution in [0.3, 0.4) is 0 Å². The van der Waals surface area contributed by atoms with Crippen LogP contribution in [-0.4, -0.2) is 37.0 Å². The SMILES string of the molecule is CC[C@@H](C)C(=O)N1CCN(c2cccc(Cl)c2)CC1. The fourth-order valence-electron chi connectivity index (χ4n) is 2.34. The fourth-order valence-corrected chi connectivity index (χ4v) is 2.53. The summed E-state index contributed by atoms with van der Waals surface area (Å²) in [7, 11) is 0. The predicted octanol–water partition coefficient (Wildman–Crippen LogP) is 3.03. The first kappa shape index (κ1) is 14.2. The molecule has 0 bridgehead atoms. The Morgan fingerprint density at radius 2 is 2.00 bits per heavy atom. The zero-order valence-electron chi connectivity index (χ0n) is 11.6. The van der Waals surface area contributed by atoms with Gasteiger partial charge in [-0.1, -0.05) is 31.5 Å². The van der Waals surface area contributed by atoms with Gasteiger partial charge in [-0.2, -0.15) is 0 Å². The summed E-state index contributed by atoms with van der Waals surface area (Å²) in [5.41, 5.74) is 1.14. The third-order valence-corrected chi connectivity index (χ3v) is 4.03. The molecule has 0 radical (unpaired) electrons. The van der Waals surface area contributed by atoms with Crippen molar-refractivity contribution in [3.8, 4) is 0 Å². The summed E-state index contributed by atoms with van der Waals surface area (Å²) in [6, 6.07) is 7.90. The van der Waals surface area contributed by atoms with Crippen molar-refractivity contribution < 1.29 is 4.79 Å². The molecule has 19 heavy (non-hydrogen) atoms. The van der Waals surface area contributed by atoms with Gasteiger partial charge in [0.2, 0.25) is 5.91 Å². The molecule has 1 aliphatic heterocycles. The molecule has 1 atom stereocenters. The Morgan fingerprint density at radius 1 is 1.32 bits per heavy atom. The van der Waals surface area contributed by atoms with Crippen molar-refractivity contribution in [1.82, 2.24) is 4.90 Å². The number of hydrogen-bond acceptors (Lipinski definition) is 2. The molecule has 1 saturated heterocycles. The van der Waals surface area contributed by atoms with E-state index < -0.39 is 0 Å². The minimum absolute atomic E-state index is 0.137. The maximum Gasteiger partial charge on any atom is 0.225 e. The van der Waals surface area contributed by atoms with Gasteiger partial charge in [-0.05, 0) is 24.6 Å². The van der Waals surface area contributed by atoms with Gasteiger partial charge in [0.1, 0.15) is 0 Å². The van der Waals surface area contributed by atoms with Gasteiger partial charge in [0.15, 0.2) is 0 Å². The van der Waals surface area contributed by atoms with E-state index in [1.54, 1.807) is 0 Å². The average molecular weight is 281 g/mol. The van der Waals surface area contributed by atoms with Gasteiger partial charge >= 0.3 is 0 Å². The quantitative estimate of drug-likeness (QED) is 0.850. The second kappa shape index (κ2) is 6.29. The van der Waals surface area contributed by atoms with Crippen molar-refractivity contribution in [3.05, 3.63) is 29.3 Å². The molecule has 104 valence electrons. The van der Waals surface area contributed by atoms with Crippen LogP contribution < -0.4 is 4.90 Å². The van der Waals surface area contributed by atoms with Crippen molar-refractivity contribution >= 4 is 23.2 Å². The Hall–Kier alpha value is -1.22. The highest BCUT2D eigenvalue weighted by Gasteiger charge is 2.24. The number of carbonyl (C=O) groups is 1. The van der Waals surface area contributed by atoms with Crippen molar-refractivity contribution in [2.75, 3.05) is 31.1 Å². The zero-order chi connectivity index (χ0) is 13.8.